The summed E-state index contributed by atoms with van der Waals surface area (Å²) in [5.74, 6) is 0.882. The van der Waals surface area contributed by atoms with Crippen molar-refractivity contribution in [2.75, 3.05) is 6.54 Å². The van der Waals surface area contributed by atoms with Gasteiger partial charge in [-0.1, -0.05) is 13.0 Å². The van der Waals surface area contributed by atoms with Gasteiger partial charge in [0.25, 0.3) is 0 Å². The second-order valence-electron chi connectivity index (χ2n) is 4.35. The summed E-state index contributed by atoms with van der Waals surface area (Å²) in [6, 6.07) is 8.58. The van der Waals surface area contributed by atoms with Crippen molar-refractivity contribution in [1.29, 1.82) is 0 Å². The summed E-state index contributed by atoms with van der Waals surface area (Å²) in [5, 5.41) is 8.75. The monoisotopic (exact) mass is 435 g/mol. The minimum atomic E-state index is 0. The van der Waals surface area contributed by atoms with Gasteiger partial charge in [-0.3, -0.25) is 0 Å². The molecule has 2 N–H and O–H groups in total. The third-order valence-corrected chi connectivity index (χ3v) is 4.90. The summed E-state index contributed by atoms with van der Waals surface area (Å²) >= 11 is 3.61. The minimum absolute atomic E-state index is 0. The van der Waals surface area contributed by atoms with Crippen LogP contribution in [0.5, 0.6) is 0 Å². The van der Waals surface area contributed by atoms with Gasteiger partial charge >= 0.3 is 0 Å². The number of hydrogen-bond donors (Lipinski definition) is 2. The van der Waals surface area contributed by atoms with Crippen LogP contribution < -0.4 is 10.6 Å². The second-order valence-corrected chi connectivity index (χ2v) is 6.63. The van der Waals surface area contributed by atoms with Crippen molar-refractivity contribution in [2.45, 2.75) is 33.4 Å². The molecule has 0 bridgehead atoms. The van der Waals surface area contributed by atoms with Crippen LogP contribution >= 0.6 is 46.7 Å². The van der Waals surface area contributed by atoms with Crippen LogP contribution in [-0.2, 0) is 19.5 Å². The quantitative estimate of drug-likeness (QED) is 0.405. The van der Waals surface area contributed by atoms with Crippen LogP contribution in [0.3, 0.4) is 0 Å². The van der Waals surface area contributed by atoms with Crippen LogP contribution in [0.25, 0.3) is 0 Å². The highest BCUT2D eigenvalue weighted by Crippen LogP contribution is 2.17. The van der Waals surface area contributed by atoms with E-state index in [0.29, 0.717) is 0 Å². The molecule has 0 spiro atoms. The third kappa shape index (κ3) is 6.36. The standard InChI is InChI=1S/C15H21N3S2.HI/c1-3-12-7-8-14(20-12)11-18-15(16-4-2)17-10-13-6-5-9-19-13;/h5-9H,3-4,10-11H2,1-2H3,(H2,16,17,18);1H. The number of aliphatic imine (C=N–C) groups is 1. The lowest BCUT2D eigenvalue weighted by Gasteiger charge is -2.10. The smallest absolute Gasteiger partial charge is 0.191 e. The Morgan fingerprint density at radius 3 is 2.52 bits per heavy atom. The summed E-state index contributed by atoms with van der Waals surface area (Å²) in [5.41, 5.74) is 0. The Morgan fingerprint density at radius 2 is 1.90 bits per heavy atom. The topological polar surface area (TPSA) is 36.4 Å². The zero-order valence-corrected chi connectivity index (χ0v) is 16.4. The highest BCUT2D eigenvalue weighted by atomic mass is 127. The highest BCUT2D eigenvalue weighted by molar-refractivity contribution is 14.0. The Balaban J connectivity index is 0.00000220. The largest absolute Gasteiger partial charge is 0.357 e. The zero-order chi connectivity index (χ0) is 14.2. The van der Waals surface area contributed by atoms with E-state index in [1.807, 2.05) is 11.3 Å². The molecule has 2 rings (SSSR count). The molecule has 0 fully saturated rings. The van der Waals surface area contributed by atoms with Gasteiger partial charge in [0.15, 0.2) is 5.96 Å². The summed E-state index contributed by atoms with van der Waals surface area (Å²) in [6.45, 7) is 6.72. The number of aryl methyl sites for hydroxylation is 1. The van der Waals surface area contributed by atoms with E-state index in [2.05, 4.69) is 59.1 Å². The summed E-state index contributed by atoms with van der Waals surface area (Å²) < 4.78 is 0. The molecule has 2 aromatic heterocycles. The van der Waals surface area contributed by atoms with Crippen molar-refractivity contribution in [3.8, 4) is 0 Å². The SMILES string of the molecule is CCNC(=NCc1ccc(CC)s1)NCc1cccs1.I. The fourth-order valence-corrected chi connectivity index (χ4v) is 3.31. The molecule has 0 atom stereocenters. The lowest BCUT2D eigenvalue weighted by atomic mass is 10.4. The third-order valence-electron chi connectivity index (χ3n) is 2.81. The number of hydrogen-bond acceptors (Lipinski definition) is 3. The normalized spacial score (nSPS) is 11.0. The van der Waals surface area contributed by atoms with Gasteiger partial charge in [-0.15, -0.1) is 46.7 Å². The molecule has 0 saturated heterocycles. The molecule has 0 aliphatic carbocycles. The first-order valence-corrected chi connectivity index (χ1v) is 8.63. The number of rotatable bonds is 6. The molecule has 6 heteroatoms. The molecule has 2 heterocycles. The van der Waals surface area contributed by atoms with Gasteiger partial charge in [-0.25, -0.2) is 4.99 Å². The summed E-state index contributed by atoms with van der Waals surface area (Å²) in [4.78, 5) is 8.70. The van der Waals surface area contributed by atoms with E-state index < -0.39 is 0 Å². The van der Waals surface area contributed by atoms with Gasteiger partial charge < -0.3 is 10.6 Å². The fourth-order valence-electron chi connectivity index (χ4n) is 1.78. The molecule has 2 aromatic rings. The maximum Gasteiger partial charge on any atom is 0.191 e. The molecule has 0 saturated carbocycles. The van der Waals surface area contributed by atoms with Gasteiger partial charge in [0, 0.05) is 21.2 Å². The lowest BCUT2D eigenvalue weighted by molar-refractivity contribution is 0.825. The van der Waals surface area contributed by atoms with E-state index in [0.717, 1.165) is 32.0 Å². The maximum absolute atomic E-state index is 4.64. The highest BCUT2D eigenvalue weighted by Gasteiger charge is 2.01. The van der Waals surface area contributed by atoms with Gasteiger partial charge in [0.05, 0.1) is 13.1 Å². The Labute approximate surface area is 151 Å². The van der Waals surface area contributed by atoms with Crippen molar-refractivity contribution in [2.24, 2.45) is 4.99 Å². The molecule has 0 aliphatic rings. The van der Waals surface area contributed by atoms with Crippen LogP contribution in [-0.4, -0.2) is 12.5 Å². The molecular formula is C15H22IN3S2. The number of thiophene rings is 2. The van der Waals surface area contributed by atoms with Crippen LogP contribution in [0.4, 0.5) is 0 Å². The zero-order valence-electron chi connectivity index (χ0n) is 12.4. The fraction of sp³-hybridized carbons (Fsp3) is 0.400. The average Bonchev–Trinajstić information content (AvgIpc) is 3.13. The molecule has 0 aliphatic heterocycles. The Kier molecular flexibility index (Phi) is 8.94. The first-order chi connectivity index (χ1) is 9.81. The van der Waals surface area contributed by atoms with Crippen molar-refractivity contribution in [3.05, 3.63) is 44.3 Å². The molecule has 0 aromatic carbocycles. The Morgan fingerprint density at radius 1 is 1.10 bits per heavy atom. The first-order valence-electron chi connectivity index (χ1n) is 6.94. The van der Waals surface area contributed by atoms with Crippen LogP contribution in [0, 0.1) is 0 Å². The van der Waals surface area contributed by atoms with E-state index in [-0.39, 0.29) is 24.0 Å². The van der Waals surface area contributed by atoms with Crippen LogP contribution in [0.1, 0.15) is 28.5 Å². The van der Waals surface area contributed by atoms with E-state index >= 15 is 0 Å². The molecule has 3 nitrogen and oxygen atoms in total. The second kappa shape index (κ2) is 10.2. The first kappa shape index (κ1) is 18.4. The van der Waals surface area contributed by atoms with E-state index in [9.17, 15) is 0 Å². The molecule has 21 heavy (non-hydrogen) atoms. The van der Waals surface area contributed by atoms with Gasteiger partial charge in [-0.2, -0.15) is 0 Å². The predicted molar refractivity (Wildman–Crippen MR) is 105 cm³/mol. The number of nitrogens with one attached hydrogen (secondary N) is 2. The molecular weight excluding hydrogens is 413 g/mol. The number of nitrogens with zero attached hydrogens (tertiary/aromatic N) is 1. The summed E-state index contributed by atoms with van der Waals surface area (Å²) in [6.07, 6.45) is 1.10. The number of halogens is 1. The van der Waals surface area contributed by atoms with Crippen LogP contribution in [0.15, 0.2) is 34.6 Å². The predicted octanol–water partition coefficient (Wildman–Crippen LogP) is 4.25. The Hall–Kier alpha value is -0.600. The Bertz CT molecular complexity index is 535. The van der Waals surface area contributed by atoms with Crippen molar-refractivity contribution < 1.29 is 0 Å². The molecule has 116 valence electrons. The van der Waals surface area contributed by atoms with Crippen molar-refractivity contribution >= 4 is 52.6 Å². The maximum atomic E-state index is 4.64. The molecule has 0 radical (unpaired) electrons. The van der Waals surface area contributed by atoms with Gasteiger partial charge in [0.2, 0.25) is 0 Å². The van der Waals surface area contributed by atoms with Crippen molar-refractivity contribution in [3.63, 3.8) is 0 Å². The molecule has 0 unspecified atom stereocenters. The lowest BCUT2D eigenvalue weighted by Crippen LogP contribution is -2.36. The van der Waals surface area contributed by atoms with Crippen molar-refractivity contribution in [1.82, 2.24) is 10.6 Å². The van der Waals surface area contributed by atoms with Crippen LogP contribution in [0.2, 0.25) is 0 Å². The van der Waals surface area contributed by atoms with E-state index in [1.165, 1.54) is 14.6 Å². The average molecular weight is 435 g/mol. The van der Waals surface area contributed by atoms with E-state index in [1.54, 1.807) is 11.3 Å². The van der Waals surface area contributed by atoms with Gasteiger partial charge in [0.1, 0.15) is 0 Å². The minimum Gasteiger partial charge on any atom is -0.357 e. The number of guanidine groups is 1. The van der Waals surface area contributed by atoms with Gasteiger partial charge in [-0.05, 0) is 36.9 Å². The molecule has 0 amide bonds. The summed E-state index contributed by atoms with van der Waals surface area (Å²) in [7, 11) is 0. The van der Waals surface area contributed by atoms with E-state index in [4.69, 9.17) is 0 Å².